The van der Waals surface area contributed by atoms with Crippen molar-refractivity contribution in [3.05, 3.63) is 53.3 Å². The number of carbonyl (C=O) groups excluding carboxylic acids is 2. The summed E-state index contributed by atoms with van der Waals surface area (Å²) in [5, 5.41) is 2.40. The molecule has 120 valence electrons. The monoisotopic (exact) mass is 329 g/mol. The normalized spacial score (nSPS) is 14.0. The summed E-state index contributed by atoms with van der Waals surface area (Å²) >= 11 is 6.18. The van der Waals surface area contributed by atoms with Crippen LogP contribution in [0.15, 0.2) is 42.6 Å². The van der Waals surface area contributed by atoms with Crippen LogP contribution in [-0.2, 0) is 9.59 Å². The number of benzene rings is 1. The highest BCUT2D eigenvalue weighted by molar-refractivity contribution is 6.34. The molecule has 0 aliphatic rings. The van der Waals surface area contributed by atoms with E-state index >= 15 is 0 Å². The first-order valence-corrected chi connectivity index (χ1v) is 8.07. The van der Waals surface area contributed by atoms with E-state index in [1.165, 1.54) is 6.92 Å². The largest absolute Gasteiger partial charge is 0.303 e. The van der Waals surface area contributed by atoms with Gasteiger partial charge in [-0.25, -0.2) is 4.98 Å². The van der Waals surface area contributed by atoms with E-state index in [1.807, 2.05) is 37.3 Å². The lowest BCUT2D eigenvalue weighted by Crippen LogP contribution is -2.11. The Morgan fingerprint density at radius 2 is 2.13 bits per heavy atom. The van der Waals surface area contributed by atoms with Crippen LogP contribution in [0.25, 0.3) is 10.8 Å². The van der Waals surface area contributed by atoms with Gasteiger partial charge in [0.1, 0.15) is 11.4 Å². The number of pyridine rings is 1. The molecule has 0 fully saturated rings. The molecule has 3 nitrogen and oxygen atoms in total. The summed E-state index contributed by atoms with van der Waals surface area (Å²) in [5.74, 6) is 0.0203. The van der Waals surface area contributed by atoms with Crippen LogP contribution in [-0.4, -0.2) is 17.1 Å². The van der Waals surface area contributed by atoms with Crippen LogP contribution in [0.5, 0.6) is 0 Å². The van der Waals surface area contributed by atoms with E-state index in [4.69, 9.17) is 11.6 Å². The van der Waals surface area contributed by atoms with Crippen LogP contribution in [0.4, 0.5) is 0 Å². The molecule has 23 heavy (non-hydrogen) atoms. The Bertz CT molecular complexity index is 739. The second-order valence-corrected chi connectivity index (χ2v) is 6.13. The standard InChI is InChI=1S/C19H20ClNO2/c1-13(12-22)17(6-4-3-5-14(2)23)16-8-7-15-9-10-21-19(20)18(15)11-16/h3,5,7-13,17H,4,6H2,1-2H3/b5-3+/t13?,17-/m0/s1. The maximum absolute atomic E-state index is 11.3. The van der Waals surface area contributed by atoms with Gasteiger partial charge in [-0.05, 0) is 54.8 Å². The number of aromatic nitrogens is 1. The van der Waals surface area contributed by atoms with Gasteiger partial charge in [0, 0.05) is 17.5 Å². The second kappa shape index (κ2) is 8.02. The maximum atomic E-state index is 11.3. The number of carbonyl (C=O) groups is 2. The lowest BCUT2D eigenvalue weighted by molar-refractivity contribution is -0.113. The highest BCUT2D eigenvalue weighted by Gasteiger charge is 2.19. The Morgan fingerprint density at radius 3 is 2.83 bits per heavy atom. The van der Waals surface area contributed by atoms with E-state index in [0.29, 0.717) is 5.15 Å². The SMILES string of the molecule is CC(=O)/C=C/CC[C@H](c1ccc2ccnc(Cl)c2c1)C(C)C=O. The first-order valence-electron chi connectivity index (χ1n) is 7.69. The van der Waals surface area contributed by atoms with Gasteiger partial charge in [-0.2, -0.15) is 0 Å². The number of nitrogens with zero attached hydrogens (tertiary/aromatic N) is 1. The van der Waals surface area contributed by atoms with Crippen LogP contribution >= 0.6 is 11.6 Å². The zero-order valence-corrected chi connectivity index (χ0v) is 14.1. The van der Waals surface area contributed by atoms with Crippen LogP contribution in [0.1, 0.15) is 38.2 Å². The zero-order chi connectivity index (χ0) is 16.8. The molecule has 2 atom stereocenters. The molecule has 4 heteroatoms. The molecule has 1 heterocycles. The van der Waals surface area contributed by atoms with E-state index in [9.17, 15) is 9.59 Å². The van der Waals surface area contributed by atoms with Crippen molar-refractivity contribution in [2.24, 2.45) is 5.92 Å². The van der Waals surface area contributed by atoms with Crippen molar-refractivity contribution < 1.29 is 9.59 Å². The van der Waals surface area contributed by atoms with Gasteiger partial charge in [-0.3, -0.25) is 4.79 Å². The molecular weight excluding hydrogens is 310 g/mol. The number of allylic oxidation sites excluding steroid dienone is 2. The van der Waals surface area contributed by atoms with Crippen molar-refractivity contribution in [3.63, 3.8) is 0 Å². The summed E-state index contributed by atoms with van der Waals surface area (Å²) in [5.41, 5.74) is 1.07. The molecule has 1 aromatic carbocycles. The van der Waals surface area contributed by atoms with E-state index in [0.717, 1.165) is 35.5 Å². The minimum Gasteiger partial charge on any atom is -0.303 e. The molecule has 1 aromatic heterocycles. The average molecular weight is 330 g/mol. The number of ketones is 1. The molecule has 2 aromatic rings. The van der Waals surface area contributed by atoms with Gasteiger partial charge in [0.25, 0.3) is 0 Å². The molecule has 0 radical (unpaired) electrons. The Hall–Kier alpha value is -2.00. The van der Waals surface area contributed by atoms with Crippen molar-refractivity contribution in [2.75, 3.05) is 0 Å². The molecule has 1 unspecified atom stereocenters. The minimum absolute atomic E-state index is 0.0357. The first kappa shape index (κ1) is 17.4. The van der Waals surface area contributed by atoms with Gasteiger partial charge in [-0.15, -0.1) is 0 Å². The topological polar surface area (TPSA) is 47.0 Å². The third-order valence-electron chi connectivity index (χ3n) is 4.02. The van der Waals surface area contributed by atoms with Gasteiger partial charge in [0.15, 0.2) is 5.78 Å². The highest BCUT2D eigenvalue weighted by Crippen LogP contribution is 2.32. The number of rotatable bonds is 7. The first-order chi connectivity index (χ1) is 11.0. The van der Waals surface area contributed by atoms with Crippen molar-refractivity contribution >= 4 is 34.4 Å². The van der Waals surface area contributed by atoms with Crippen molar-refractivity contribution in [1.29, 1.82) is 0 Å². The summed E-state index contributed by atoms with van der Waals surface area (Å²) in [6.07, 6.45) is 7.65. The predicted molar refractivity (Wildman–Crippen MR) is 93.8 cm³/mol. The molecule has 0 aliphatic heterocycles. The summed E-state index contributed by atoms with van der Waals surface area (Å²) < 4.78 is 0. The zero-order valence-electron chi connectivity index (χ0n) is 13.3. The van der Waals surface area contributed by atoms with E-state index in [2.05, 4.69) is 4.98 Å². The molecule has 0 aliphatic carbocycles. The number of halogens is 1. The third-order valence-corrected chi connectivity index (χ3v) is 4.32. The van der Waals surface area contributed by atoms with Gasteiger partial charge >= 0.3 is 0 Å². The van der Waals surface area contributed by atoms with Gasteiger partial charge < -0.3 is 4.79 Å². The molecule has 0 saturated heterocycles. The van der Waals surface area contributed by atoms with Crippen molar-refractivity contribution in [3.8, 4) is 0 Å². The van der Waals surface area contributed by atoms with E-state index in [1.54, 1.807) is 12.3 Å². The number of fused-ring (bicyclic) bond motifs is 1. The Morgan fingerprint density at radius 1 is 1.35 bits per heavy atom. The maximum Gasteiger partial charge on any atom is 0.152 e. The van der Waals surface area contributed by atoms with E-state index in [-0.39, 0.29) is 17.6 Å². The second-order valence-electron chi connectivity index (χ2n) is 5.77. The summed E-state index contributed by atoms with van der Waals surface area (Å²) in [6.45, 7) is 3.45. The van der Waals surface area contributed by atoms with Crippen molar-refractivity contribution in [1.82, 2.24) is 4.98 Å². The Kier molecular flexibility index (Phi) is 6.05. The molecule has 0 spiro atoms. The van der Waals surface area contributed by atoms with Gasteiger partial charge in [-0.1, -0.05) is 36.7 Å². The van der Waals surface area contributed by atoms with E-state index < -0.39 is 0 Å². The fourth-order valence-corrected chi connectivity index (χ4v) is 2.95. The van der Waals surface area contributed by atoms with Crippen LogP contribution in [0.2, 0.25) is 5.15 Å². The molecule has 2 rings (SSSR count). The van der Waals surface area contributed by atoms with Gasteiger partial charge in [0.05, 0.1) is 0 Å². The van der Waals surface area contributed by atoms with Crippen molar-refractivity contribution in [2.45, 2.75) is 32.6 Å². The molecular formula is C19H20ClNO2. The minimum atomic E-state index is -0.103. The fraction of sp³-hybridized carbons (Fsp3) is 0.316. The molecule has 0 N–H and O–H groups in total. The molecule has 0 amide bonds. The fourth-order valence-electron chi connectivity index (χ4n) is 2.73. The van der Waals surface area contributed by atoms with Crippen LogP contribution in [0, 0.1) is 5.92 Å². The lowest BCUT2D eigenvalue weighted by Gasteiger charge is -2.20. The Balaban J connectivity index is 2.29. The predicted octanol–water partition coefficient (Wildman–Crippen LogP) is 4.73. The summed E-state index contributed by atoms with van der Waals surface area (Å²) in [4.78, 5) is 26.4. The molecule has 0 saturated carbocycles. The van der Waals surface area contributed by atoms with Crippen LogP contribution < -0.4 is 0 Å². The molecule has 0 bridgehead atoms. The number of aldehydes is 1. The quantitative estimate of drug-likeness (QED) is 0.419. The Labute approximate surface area is 141 Å². The smallest absolute Gasteiger partial charge is 0.152 e. The third kappa shape index (κ3) is 4.49. The summed E-state index contributed by atoms with van der Waals surface area (Å²) in [6, 6.07) is 7.98. The highest BCUT2D eigenvalue weighted by atomic mass is 35.5. The number of hydrogen-bond donors (Lipinski definition) is 0. The lowest BCUT2D eigenvalue weighted by atomic mass is 9.84. The van der Waals surface area contributed by atoms with Crippen LogP contribution in [0.3, 0.4) is 0 Å². The summed E-state index contributed by atoms with van der Waals surface area (Å²) in [7, 11) is 0. The van der Waals surface area contributed by atoms with Gasteiger partial charge in [0.2, 0.25) is 0 Å². The number of hydrogen-bond acceptors (Lipinski definition) is 3. The average Bonchev–Trinajstić information content (AvgIpc) is 2.54.